The molecule has 9 aromatic carbocycles. The molecule has 4 nitrogen and oxygen atoms in total. The van der Waals surface area contributed by atoms with E-state index < -0.39 is 0 Å². The molecule has 0 heterocycles. The average molecular weight is 1090 g/mol. The van der Waals surface area contributed by atoms with E-state index in [1.165, 1.54) is 99.8 Å². The van der Waals surface area contributed by atoms with Crippen LogP contribution in [0.3, 0.4) is 0 Å². The molecule has 0 aliphatic heterocycles. The molecule has 0 aromatic heterocycles. The predicted molar refractivity (Wildman–Crippen MR) is 357 cm³/mol. The van der Waals surface area contributed by atoms with Crippen LogP contribution in [0.4, 0.5) is 22.7 Å². The average Bonchev–Trinajstić information content (AvgIpc) is 2.78. The molecule has 9 aromatic rings. The van der Waals surface area contributed by atoms with Crippen molar-refractivity contribution >= 4 is 65.8 Å². The molecule has 82 heavy (non-hydrogen) atoms. The van der Waals surface area contributed by atoms with E-state index in [2.05, 4.69) is 247 Å². The Labute approximate surface area is 493 Å². The van der Waals surface area contributed by atoms with Crippen molar-refractivity contribution in [3.05, 3.63) is 169 Å². The van der Waals surface area contributed by atoms with Crippen LogP contribution < -0.4 is 8.97 Å². The second kappa shape index (κ2) is 24.6. The fraction of sp³-hybridized carbons (Fsp3) is 0.410. The molecule has 0 N–H and O–H groups in total. The van der Waals surface area contributed by atoms with Gasteiger partial charge in [-0.3, -0.25) is 8.97 Å². The van der Waals surface area contributed by atoms with Gasteiger partial charge in [-0.15, -0.1) is 0 Å². The fourth-order valence-corrected chi connectivity index (χ4v) is 16.3. The lowest BCUT2D eigenvalue weighted by atomic mass is 9.78. The zero-order chi connectivity index (χ0) is 58.5. The largest absolute Gasteiger partial charge is 0.250 e. The highest BCUT2D eigenvalue weighted by Crippen LogP contribution is 2.57. The Hall–Kier alpha value is -6.82. The molecule has 0 radical (unpaired) electrons. The number of hydrogen-bond donors (Lipinski definition) is 0. The lowest BCUT2D eigenvalue weighted by Gasteiger charge is -2.58. The second-order valence-electron chi connectivity index (χ2n) is 26.5. The van der Waals surface area contributed by atoms with Gasteiger partial charge >= 0.3 is 0 Å². The fourth-order valence-electron chi connectivity index (χ4n) is 16.3. The third-order valence-corrected chi connectivity index (χ3v) is 19.7. The summed E-state index contributed by atoms with van der Waals surface area (Å²) in [5.41, 5.74) is 9.93. The maximum absolute atomic E-state index is 12.1. The van der Waals surface area contributed by atoms with Gasteiger partial charge < -0.3 is 0 Å². The molecule has 0 atom stereocenters. The van der Waals surface area contributed by atoms with Gasteiger partial charge in [0.2, 0.25) is 0 Å². The summed E-state index contributed by atoms with van der Waals surface area (Å²) in [6.07, 6.45) is 18.5. The summed E-state index contributed by atoms with van der Waals surface area (Å²) in [6, 6.07) is 64.6. The van der Waals surface area contributed by atoms with Gasteiger partial charge in [0.05, 0.1) is 17.2 Å². The van der Waals surface area contributed by atoms with Crippen molar-refractivity contribution in [2.75, 3.05) is 0 Å². The van der Waals surface area contributed by atoms with Gasteiger partial charge in [-0.25, -0.2) is 0 Å². The minimum absolute atomic E-state index is 0.162. The van der Waals surface area contributed by atoms with E-state index in [9.17, 15) is 10.5 Å². The summed E-state index contributed by atoms with van der Waals surface area (Å²) in [5.74, 6) is 0. The van der Waals surface area contributed by atoms with E-state index in [0.29, 0.717) is 15.6 Å². The third-order valence-electron chi connectivity index (χ3n) is 19.7. The number of para-hydroxylation sites is 2. The SMILES string of the molecule is CCCCCC(C)(C)[N+](c1ccccc1)(c1ccc(-c2c(-c3ccc([N+](c4ccccc4)(C(C)(C)CCCCC)C(C)(C)CCCCC)cc3)c3cccc4c5c(C#N)ccc6cccc(c(c2C#N)c34)c65)cc1)C(C)(C)CCCCC. The van der Waals surface area contributed by atoms with E-state index in [1.54, 1.807) is 0 Å². The Kier molecular flexibility index (Phi) is 17.9. The molecular formula is C78H94N4+2. The van der Waals surface area contributed by atoms with Gasteiger partial charge in [-0.2, -0.15) is 10.5 Å². The highest BCUT2D eigenvalue weighted by atomic mass is 15.5. The molecule has 0 aliphatic rings. The summed E-state index contributed by atoms with van der Waals surface area (Å²) < 4.78 is 1.43. The lowest BCUT2D eigenvalue weighted by molar-refractivity contribution is 0.0658. The normalized spacial score (nSPS) is 12.9. The first kappa shape index (κ1) is 59.8. The lowest BCUT2D eigenvalue weighted by Crippen LogP contribution is -2.69. The number of fused-ring (bicyclic) bond motifs is 2. The number of benzene rings is 9. The molecule has 424 valence electrons. The number of unbranched alkanes of at least 4 members (excludes halogenated alkanes) is 8. The Bertz CT molecular complexity index is 3650. The molecule has 0 fully saturated rings. The zero-order valence-corrected chi connectivity index (χ0v) is 52.1. The van der Waals surface area contributed by atoms with E-state index >= 15 is 0 Å². The van der Waals surface area contributed by atoms with E-state index in [0.717, 1.165) is 95.5 Å². The van der Waals surface area contributed by atoms with Crippen LogP contribution in [0.5, 0.6) is 0 Å². The molecule has 0 bridgehead atoms. The third kappa shape index (κ3) is 10.1. The number of quaternary nitrogens is 2. The number of nitrogens with zero attached hydrogens (tertiary/aromatic N) is 4. The highest BCUT2D eigenvalue weighted by molar-refractivity contribution is 6.37. The molecule has 0 amide bonds. The van der Waals surface area contributed by atoms with Gasteiger partial charge in [0.1, 0.15) is 51.0 Å². The van der Waals surface area contributed by atoms with Crippen molar-refractivity contribution in [2.45, 2.75) is 208 Å². The van der Waals surface area contributed by atoms with Crippen LogP contribution in [-0.4, -0.2) is 22.2 Å². The van der Waals surface area contributed by atoms with Crippen LogP contribution in [0.1, 0.15) is 197 Å². The monoisotopic (exact) mass is 1090 g/mol. The van der Waals surface area contributed by atoms with Crippen molar-refractivity contribution in [3.63, 3.8) is 0 Å². The summed E-state index contributed by atoms with van der Waals surface area (Å²) in [6.45, 7) is 29.4. The van der Waals surface area contributed by atoms with Crippen LogP contribution in [0, 0.1) is 22.7 Å². The van der Waals surface area contributed by atoms with E-state index in [-0.39, 0.29) is 22.2 Å². The van der Waals surface area contributed by atoms with Gasteiger partial charge in [0.15, 0.2) is 0 Å². The van der Waals surface area contributed by atoms with E-state index in [4.69, 9.17) is 0 Å². The quantitative estimate of drug-likeness (QED) is 0.0235. The molecule has 0 saturated carbocycles. The Balaban J connectivity index is 1.38. The van der Waals surface area contributed by atoms with Crippen molar-refractivity contribution < 1.29 is 0 Å². The van der Waals surface area contributed by atoms with Gasteiger partial charge in [0, 0.05) is 66.3 Å². The Morgan fingerprint density at radius 1 is 0.329 bits per heavy atom. The molecular weight excluding hydrogens is 993 g/mol. The van der Waals surface area contributed by atoms with Crippen LogP contribution in [0.25, 0.3) is 65.3 Å². The standard InChI is InChI=1S/C78H94N4/c1-13-17-27-51-75(5,6)81(61-34-23-21-24-35-61,76(7,8)52-28-18-14-2)63-47-43-58(44-48-63)70-65-39-32-40-67-72-60(55-79)42-41-57-33-31-38-66(69(57)72)74(73(65)67)68(56-80)71(70)59-45-49-64(50-46-59)82(62-36-25-22-26-37-62,77(9,10)53-29-19-15-3)78(11,12)54-30-20-16-4/h21-26,31-50H,13-20,27-30,51-54H2,1-12H3/q+2. The molecule has 0 aliphatic carbocycles. The smallest absolute Gasteiger partial charge is 0.138 e. The first-order valence-electron chi connectivity index (χ1n) is 31.6. The number of rotatable bonds is 26. The topological polar surface area (TPSA) is 47.6 Å². The van der Waals surface area contributed by atoms with Gasteiger partial charge in [-0.1, -0.05) is 158 Å². The summed E-state index contributed by atoms with van der Waals surface area (Å²) in [4.78, 5) is 0. The van der Waals surface area contributed by atoms with Crippen LogP contribution >= 0.6 is 0 Å². The molecule has 0 spiro atoms. The van der Waals surface area contributed by atoms with Crippen molar-refractivity contribution in [1.82, 2.24) is 8.97 Å². The highest BCUT2D eigenvalue weighted by Gasteiger charge is 2.58. The molecule has 9 rings (SSSR count). The minimum Gasteiger partial charge on any atom is -0.250 e. The predicted octanol–water partition coefficient (Wildman–Crippen LogP) is 23.5. The van der Waals surface area contributed by atoms with Gasteiger partial charge in [-0.05, 0) is 185 Å². The summed E-state index contributed by atoms with van der Waals surface area (Å²) in [7, 11) is 0. The van der Waals surface area contributed by atoms with Crippen LogP contribution in [0.2, 0.25) is 0 Å². The summed E-state index contributed by atoms with van der Waals surface area (Å²) in [5, 5.41) is 31.1. The Morgan fingerprint density at radius 2 is 0.707 bits per heavy atom. The van der Waals surface area contributed by atoms with Crippen molar-refractivity contribution in [2.24, 2.45) is 0 Å². The van der Waals surface area contributed by atoms with Crippen molar-refractivity contribution in [3.8, 4) is 34.4 Å². The van der Waals surface area contributed by atoms with Crippen molar-refractivity contribution in [1.29, 1.82) is 10.5 Å². The van der Waals surface area contributed by atoms with Crippen LogP contribution in [-0.2, 0) is 0 Å². The first-order valence-corrected chi connectivity index (χ1v) is 31.6. The number of nitriles is 2. The maximum Gasteiger partial charge on any atom is 0.138 e. The number of hydrogen-bond acceptors (Lipinski definition) is 2. The van der Waals surface area contributed by atoms with E-state index in [1.807, 2.05) is 6.07 Å². The minimum atomic E-state index is -0.168. The molecule has 0 saturated heterocycles. The zero-order valence-electron chi connectivity index (χ0n) is 52.1. The Morgan fingerprint density at radius 3 is 1.11 bits per heavy atom. The van der Waals surface area contributed by atoms with Gasteiger partial charge in [0.25, 0.3) is 0 Å². The van der Waals surface area contributed by atoms with Crippen LogP contribution in [0.15, 0.2) is 158 Å². The maximum atomic E-state index is 12.1. The molecule has 0 unspecified atom stereocenters. The first-order chi connectivity index (χ1) is 39.5. The summed E-state index contributed by atoms with van der Waals surface area (Å²) >= 11 is 0. The second-order valence-corrected chi connectivity index (χ2v) is 26.5. The molecule has 4 heteroatoms.